The van der Waals surface area contributed by atoms with Crippen molar-refractivity contribution < 1.29 is 4.79 Å². The van der Waals surface area contributed by atoms with E-state index in [1.165, 1.54) is 19.3 Å². The van der Waals surface area contributed by atoms with Crippen molar-refractivity contribution in [2.45, 2.75) is 51.5 Å². The van der Waals surface area contributed by atoms with E-state index in [0.29, 0.717) is 6.42 Å². The fraction of sp³-hybridized carbons (Fsp3) is 0.381. The van der Waals surface area contributed by atoms with Gasteiger partial charge in [-0.2, -0.15) is 0 Å². The molecule has 2 aromatic carbocycles. The molecule has 2 rings (SSSR count). The first-order valence-corrected chi connectivity index (χ1v) is 8.70. The maximum Gasteiger partial charge on any atom is 0.159 e. The number of anilines is 1. The van der Waals surface area contributed by atoms with Gasteiger partial charge in [0, 0.05) is 12.1 Å². The van der Waals surface area contributed by atoms with Gasteiger partial charge in [0.2, 0.25) is 0 Å². The summed E-state index contributed by atoms with van der Waals surface area (Å²) in [6, 6.07) is 19.7. The molecule has 0 aliphatic carbocycles. The first-order chi connectivity index (χ1) is 11.3. The normalized spacial score (nSPS) is 11.9. The van der Waals surface area contributed by atoms with Crippen LogP contribution in [0.15, 0.2) is 60.7 Å². The number of hydrogen-bond donors (Lipinski definition) is 1. The highest BCUT2D eigenvalue weighted by Crippen LogP contribution is 2.22. The summed E-state index contributed by atoms with van der Waals surface area (Å²) in [6.07, 6.45) is 6.49. The van der Waals surface area contributed by atoms with E-state index in [0.717, 1.165) is 24.1 Å². The maximum atomic E-state index is 12.7. The van der Waals surface area contributed by atoms with E-state index in [-0.39, 0.29) is 11.8 Å². The zero-order valence-electron chi connectivity index (χ0n) is 14.0. The van der Waals surface area contributed by atoms with Crippen molar-refractivity contribution in [1.29, 1.82) is 0 Å². The lowest BCUT2D eigenvalue weighted by Crippen LogP contribution is -2.21. The van der Waals surface area contributed by atoms with Crippen molar-refractivity contribution in [2.75, 3.05) is 5.32 Å². The minimum Gasteiger partial charge on any atom is -0.372 e. The Bertz CT molecular complexity index is 565. The van der Waals surface area contributed by atoms with Crippen LogP contribution < -0.4 is 5.32 Å². The van der Waals surface area contributed by atoms with E-state index in [9.17, 15) is 4.79 Å². The Kier molecular flexibility index (Phi) is 7.38. The van der Waals surface area contributed by atoms with Gasteiger partial charge in [-0.05, 0) is 24.1 Å². The summed E-state index contributed by atoms with van der Waals surface area (Å²) in [6.45, 7) is 2.21. The summed E-state index contributed by atoms with van der Waals surface area (Å²) in [7, 11) is 0. The molecule has 0 aliphatic heterocycles. The van der Waals surface area contributed by atoms with Gasteiger partial charge in [-0.15, -0.1) is 0 Å². The lowest BCUT2D eigenvalue weighted by atomic mass is 9.98. The van der Waals surface area contributed by atoms with Crippen molar-refractivity contribution in [1.82, 2.24) is 0 Å². The number of carbonyl (C=O) groups is 1. The van der Waals surface area contributed by atoms with E-state index in [2.05, 4.69) is 12.2 Å². The Morgan fingerprint density at radius 1 is 0.870 bits per heavy atom. The summed E-state index contributed by atoms with van der Waals surface area (Å²) in [4.78, 5) is 12.7. The summed E-state index contributed by atoms with van der Waals surface area (Å²) in [5.74, 6) is 0.275. The first kappa shape index (κ1) is 17.3. The van der Waals surface area contributed by atoms with Crippen LogP contribution in [-0.2, 0) is 4.79 Å². The molecule has 0 heterocycles. The average molecular weight is 309 g/mol. The van der Waals surface area contributed by atoms with Crippen LogP contribution in [-0.4, -0.2) is 5.78 Å². The van der Waals surface area contributed by atoms with Gasteiger partial charge in [-0.1, -0.05) is 81.1 Å². The van der Waals surface area contributed by atoms with Crippen molar-refractivity contribution in [3.63, 3.8) is 0 Å². The van der Waals surface area contributed by atoms with Gasteiger partial charge >= 0.3 is 0 Å². The molecule has 1 atom stereocenters. The Hall–Kier alpha value is -2.09. The number of rotatable bonds is 10. The minimum atomic E-state index is -0.259. The number of ketones is 1. The second kappa shape index (κ2) is 9.83. The Labute approximate surface area is 139 Å². The molecule has 0 spiro atoms. The predicted molar refractivity (Wildman–Crippen MR) is 97.6 cm³/mol. The fourth-order valence-corrected chi connectivity index (χ4v) is 2.74. The molecule has 23 heavy (non-hydrogen) atoms. The summed E-state index contributed by atoms with van der Waals surface area (Å²) in [5, 5.41) is 3.40. The minimum absolute atomic E-state index is 0.259. The van der Waals surface area contributed by atoms with Crippen LogP contribution in [0, 0.1) is 0 Å². The molecule has 0 aromatic heterocycles. The first-order valence-electron chi connectivity index (χ1n) is 8.70. The smallest absolute Gasteiger partial charge is 0.159 e. The molecule has 0 saturated heterocycles. The number of Topliss-reactive ketones (excluding diaryl/α,β-unsaturated/α-hetero) is 1. The number of unbranched alkanes of at least 4 members (excludes halogenated alkanes) is 4. The third kappa shape index (κ3) is 5.90. The highest BCUT2D eigenvalue weighted by Gasteiger charge is 2.19. The highest BCUT2D eigenvalue weighted by atomic mass is 16.1. The number of para-hydroxylation sites is 1. The van der Waals surface area contributed by atoms with Crippen molar-refractivity contribution >= 4 is 11.5 Å². The molecule has 1 N–H and O–H groups in total. The topological polar surface area (TPSA) is 29.1 Å². The van der Waals surface area contributed by atoms with Gasteiger partial charge in [0.05, 0.1) is 0 Å². The van der Waals surface area contributed by atoms with Crippen LogP contribution >= 0.6 is 0 Å². The number of carbonyl (C=O) groups excluding carboxylic acids is 1. The second-order valence-corrected chi connectivity index (χ2v) is 5.98. The molecule has 0 bridgehead atoms. The zero-order valence-corrected chi connectivity index (χ0v) is 14.0. The van der Waals surface area contributed by atoms with Crippen molar-refractivity contribution in [3.8, 4) is 0 Å². The molecule has 0 amide bonds. The highest BCUT2D eigenvalue weighted by molar-refractivity contribution is 5.87. The molecule has 2 aromatic rings. The summed E-state index contributed by atoms with van der Waals surface area (Å²) >= 11 is 0. The summed E-state index contributed by atoms with van der Waals surface area (Å²) < 4.78 is 0. The standard InChI is InChI=1S/C21H27NO/c1-2-3-4-5-12-17-20(23)21(18-13-8-6-9-14-18)22-19-15-10-7-11-16-19/h6-11,13-16,21-22H,2-5,12,17H2,1H3. The van der Waals surface area contributed by atoms with Crippen LogP contribution in [0.5, 0.6) is 0 Å². The average Bonchev–Trinajstić information content (AvgIpc) is 2.61. The SMILES string of the molecule is CCCCCCCC(=O)C(Nc1ccccc1)c1ccccc1. The third-order valence-electron chi connectivity index (χ3n) is 4.07. The molecule has 2 heteroatoms. The Morgan fingerprint density at radius 2 is 1.48 bits per heavy atom. The van der Waals surface area contributed by atoms with Gasteiger partial charge in [0.15, 0.2) is 5.78 Å². The number of nitrogens with one attached hydrogen (secondary N) is 1. The van der Waals surface area contributed by atoms with Crippen LogP contribution in [0.3, 0.4) is 0 Å². The zero-order chi connectivity index (χ0) is 16.3. The van der Waals surface area contributed by atoms with Gasteiger partial charge in [0.25, 0.3) is 0 Å². The largest absolute Gasteiger partial charge is 0.372 e. The van der Waals surface area contributed by atoms with E-state index in [1.54, 1.807) is 0 Å². The van der Waals surface area contributed by atoms with Crippen molar-refractivity contribution in [2.24, 2.45) is 0 Å². The fourth-order valence-electron chi connectivity index (χ4n) is 2.74. The van der Waals surface area contributed by atoms with E-state index in [4.69, 9.17) is 0 Å². The quantitative estimate of drug-likeness (QED) is 0.564. The molecule has 2 nitrogen and oxygen atoms in total. The molecule has 0 radical (unpaired) electrons. The van der Waals surface area contributed by atoms with Crippen LogP contribution in [0.25, 0.3) is 0 Å². The monoisotopic (exact) mass is 309 g/mol. The molecule has 0 aliphatic rings. The van der Waals surface area contributed by atoms with Crippen LogP contribution in [0.2, 0.25) is 0 Å². The lowest BCUT2D eigenvalue weighted by molar-refractivity contribution is -0.120. The van der Waals surface area contributed by atoms with Crippen molar-refractivity contribution in [3.05, 3.63) is 66.2 Å². The number of hydrogen-bond acceptors (Lipinski definition) is 2. The van der Waals surface area contributed by atoms with E-state index >= 15 is 0 Å². The third-order valence-corrected chi connectivity index (χ3v) is 4.07. The molecular formula is C21H27NO. The van der Waals surface area contributed by atoms with E-state index < -0.39 is 0 Å². The van der Waals surface area contributed by atoms with Gasteiger partial charge in [-0.3, -0.25) is 4.79 Å². The summed E-state index contributed by atoms with van der Waals surface area (Å²) in [5.41, 5.74) is 2.02. The number of benzene rings is 2. The molecule has 122 valence electrons. The second-order valence-electron chi connectivity index (χ2n) is 5.98. The predicted octanol–water partition coefficient (Wildman–Crippen LogP) is 5.77. The van der Waals surface area contributed by atoms with Gasteiger partial charge in [-0.25, -0.2) is 0 Å². The Balaban J connectivity index is 2.00. The Morgan fingerprint density at radius 3 is 2.13 bits per heavy atom. The van der Waals surface area contributed by atoms with Gasteiger partial charge < -0.3 is 5.32 Å². The molecular weight excluding hydrogens is 282 g/mol. The molecule has 0 saturated carbocycles. The van der Waals surface area contributed by atoms with Gasteiger partial charge in [0.1, 0.15) is 6.04 Å². The molecule has 0 fully saturated rings. The van der Waals surface area contributed by atoms with Crippen LogP contribution in [0.1, 0.15) is 57.1 Å². The van der Waals surface area contributed by atoms with Crippen LogP contribution in [0.4, 0.5) is 5.69 Å². The van der Waals surface area contributed by atoms with E-state index in [1.807, 2.05) is 60.7 Å². The molecule has 1 unspecified atom stereocenters. The maximum absolute atomic E-state index is 12.7. The lowest BCUT2D eigenvalue weighted by Gasteiger charge is -2.19.